The van der Waals surface area contributed by atoms with Gasteiger partial charge in [0.15, 0.2) is 6.61 Å². The van der Waals surface area contributed by atoms with E-state index in [-0.39, 0.29) is 12.5 Å². The Labute approximate surface area is 123 Å². The third kappa shape index (κ3) is 4.28. The van der Waals surface area contributed by atoms with Crippen molar-refractivity contribution < 1.29 is 9.53 Å². The molecule has 0 atom stereocenters. The summed E-state index contributed by atoms with van der Waals surface area (Å²) in [7, 11) is 0. The fourth-order valence-corrected chi connectivity index (χ4v) is 1.99. The van der Waals surface area contributed by atoms with E-state index in [2.05, 4.69) is 5.32 Å². The van der Waals surface area contributed by atoms with E-state index >= 15 is 0 Å². The molecule has 1 amide bonds. The first kappa shape index (κ1) is 14.4. The van der Waals surface area contributed by atoms with Crippen LogP contribution in [-0.4, -0.2) is 12.5 Å². The molecule has 0 spiro atoms. The first-order valence-corrected chi connectivity index (χ1v) is 6.72. The van der Waals surface area contributed by atoms with Crippen LogP contribution in [0.3, 0.4) is 0 Å². The maximum absolute atomic E-state index is 11.7. The summed E-state index contributed by atoms with van der Waals surface area (Å²) in [5.41, 5.74) is 1.97. The van der Waals surface area contributed by atoms with Crippen LogP contribution >= 0.6 is 11.6 Å². The molecule has 20 heavy (non-hydrogen) atoms. The molecule has 3 nitrogen and oxygen atoms in total. The van der Waals surface area contributed by atoms with Gasteiger partial charge < -0.3 is 10.1 Å². The molecule has 0 radical (unpaired) electrons. The zero-order valence-electron chi connectivity index (χ0n) is 11.2. The second-order valence-corrected chi connectivity index (χ2v) is 4.90. The van der Waals surface area contributed by atoms with Crippen LogP contribution in [0.15, 0.2) is 48.5 Å². The van der Waals surface area contributed by atoms with E-state index in [4.69, 9.17) is 16.3 Å². The molecule has 0 aliphatic heterocycles. The van der Waals surface area contributed by atoms with Gasteiger partial charge in [-0.3, -0.25) is 4.79 Å². The highest BCUT2D eigenvalue weighted by Crippen LogP contribution is 2.21. The molecule has 0 saturated carbocycles. The van der Waals surface area contributed by atoms with Crippen LogP contribution in [0.2, 0.25) is 5.02 Å². The summed E-state index contributed by atoms with van der Waals surface area (Å²) < 4.78 is 5.47. The third-order valence-electron chi connectivity index (χ3n) is 2.83. The van der Waals surface area contributed by atoms with Crippen molar-refractivity contribution in [2.24, 2.45) is 0 Å². The number of aryl methyl sites for hydroxylation is 1. The number of benzene rings is 2. The van der Waals surface area contributed by atoms with Gasteiger partial charge in [-0.05, 0) is 36.2 Å². The van der Waals surface area contributed by atoms with E-state index < -0.39 is 0 Å². The van der Waals surface area contributed by atoms with Gasteiger partial charge in [-0.15, -0.1) is 0 Å². The molecule has 0 saturated heterocycles. The molecule has 2 aromatic carbocycles. The minimum absolute atomic E-state index is 0.00466. The lowest BCUT2D eigenvalue weighted by atomic mass is 10.2. The van der Waals surface area contributed by atoms with Crippen LogP contribution < -0.4 is 10.1 Å². The van der Waals surface area contributed by atoms with Crippen molar-refractivity contribution in [2.45, 2.75) is 13.5 Å². The number of halogens is 1. The lowest BCUT2D eigenvalue weighted by molar-refractivity contribution is -0.123. The maximum atomic E-state index is 11.7. The first-order chi connectivity index (χ1) is 9.65. The summed E-state index contributed by atoms with van der Waals surface area (Å²) in [4.78, 5) is 11.7. The van der Waals surface area contributed by atoms with Crippen molar-refractivity contribution in [1.82, 2.24) is 5.32 Å². The van der Waals surface area contributed by atoms with Crippen molar-refractivity contribution in [3.63, 3.8) is 0 Å². The normalized spacial score (nSPS) is 10.1. The van der Waals surface area contributed by atoms with E-state index in [0.717, 1.165) is 11.1 Å². The Morgan fingerprint density at radius 3 is 2.65 bits per heavy atom. The van der Waals surface area contributed by atoms with Crippen molar-refractivity contribution in [1.29, 1.82) is 0 Å². The Balaban J connectivity index is 1.80. The number of nitrogens with one attached hydrogen (secondary N) is 1. The molecule has 4 heteroatoms. The molecule has 2 rings (SSSR count). The average Bonchev–Trinajstić information content (AvgIpc) is 2.45. The molecule has 2 aromatic rings. The minimum atomic E-state index is -0.150. The summed E-state index contributed by atoms with van der Waals surface area (Å²) >= 11 is 5.86. The van der Waals surface area contributed by atoms with E-state index in [1.807, 2.05) is 37.3 Å². The van der Waals surface area contributed by atoms with E-state index in [1.165, 1.54) is 0 Å². The first-order valence-electron chi connectivity index (χ1n) is 6.35. The lowest BCUT2D eigenvalue weighted by Crippen LogP contribution is -2.28. The number of amides is 1. The van der Waals surface area contributed by atoms with Gasteiger partial charge in [-0.25, -0.2) is 0 Å². The van der Waals surface area contributed by atoms with Gasteiger partial charge in [-0.1, -0.05) is 41.9 Å². The Morgan fingerprint density at radius 2 is 1.95 bits per heavy atom. The topological polar surface area (TPSA) is 38.3 Å². The SMILES string of the molecule is Cc1cc(Cl)ccc1OCC(=O)NCc1ccccc1. The zero-order valence-corrected chi connectivity index (χ0v) is 12.0. The van der Waals surface area contributed by atoms with Gasteiger partial charge in [0.05, 0.1) is 0 Å². The molecular formula is C16H16ClNO2. The predicted molar refractivity (Wildman–Crippen MR) is 80.0 cm³/mol. The second-order valence-electron chi connectivity index (χ2n) is 4.46. The number of carbonyl (C=O) groups is 1. The van der Waals surface area contributed by atoms with Crippen LogP contribution in [0.1, 0.15) is 11.1 Å². The van der Waals surface area contributed by atoms with Gasteiger partial charge in [0.25, 0.3) is 5.91 Å². The second kappa shape index (κ2) is 6.96. The summed E-state index contributed by atoms with van der Waals surface area (Å²) in [6.07, 6.45) is 0. The van der Waals surface area contributed by atoms with Crippen molar-refractivity contribution in [3.05, 3.63) is 64.7 Å². The summed E-state index contributed by atoms with van der Waals surface area (Å²) in [6.45, 7) is 2.39. The van der Waals surface area contributed by atoms with Gasteiger partial charge in [0, 0.05) is 11.6 Å². The third-order valence-corrected chi connectivity index (χ3v) is 3.06. The molecule has 0 fully saturated rings. The monoisotopic (exact) mass is 289 g/mol. The highest BCUT2D eigenvalue weighted by Gasteiger charge is 2.05. The Hall–Kier alpha value is -2.00. The molecule has 0 aliphatic carbocycles. The fraction of sp³-hybridized carbons (Fsp3) is 0.188. The van der Waals surface area contributed by atoms with Crippen molar-refractivity contribution in [2.75, 3.05) is 6.61 Å². The Kier molecular flexibility index (Phi) is 5.02. The van der Waals surface area contributed by atoms with Crippen molar-refractivity contribution in [3.8, 4) is 5.75 Å². The van der Waals surface area contributed by atoms with Gasteiger partial charge in [-0.2, -0.15) is 0 Å². The lowest BCUT2D eigenvalue weighted by Gasteiger charge is -2.09. The smallest absolute Gasteiger partial charge is 0.258 e. The maximum Gasteiger partial charge on any atom is 0.258 e. The minimum Gasteiger partial charge on any atom is -0.484 e. The molecule has 0 aromatic heterocycles. The summed E-state index contributed by atoms with van der Waals surface area (Å²) in [5, 5.41) is 3.47. The summed E-state index contributed by atoms with van der Waals surface area (Å²) in [6, 6.07) is 15.1. The van der Waals surface area contributed by atoms with Crippen LogP contribution in [0.25, 0.3) is 0 Å². The standard InChI is InChI=1S/C16H16ClNO2/c1-12-9-14(17)7-8-15(12)20-11-16(19)18-10-13-5-3-2-4-6-13/h2-9H,10-11H2,1H3,(H,18,19). The largest absolute Gasteiger partial charge is 0.484 e. The van der Waals surface area contributed by atoms with Gasteiger partial charge >= 0.3 is 0 Å². The molecule has 104 valence electrons. The number of ether oxygens (including phenoxy) is 1. The number of hydrogen-bond acceptors (Lipinski definition) is 2. The molecule has 0 unspecified atom stereocenters. The van der Waals surface area contributed by atoms with Crippen molar-refractivity contribution >= 4 is 17.5 Å². The molecule has 1 N–H and O–H groups in total. The fourth-order valence-electron chi connectivity index (χ4n) is 1.77. The van der Waals surface area contributed by atoms with E-state index in [0.29, 0.717) is 17.3 Å². The predicted octanol–water partition coefficient (Wildman–Crippen LogP) is 3.34. The van der Waals surface area contributed by atoms with Crippen LogP contribution in [0.5, 0.6) is 5.75 Å². The number of hydrogen-bond donors (Lipinski definition) is 1. The number of rotatable bonds is 5. The molecule has 0 bridgehead atoms. The Bertz CT molecular complexity index is 584. The van der Waals surface area contributed by atoms with Gasteiger partial charge in [0.2, 0.25) is 0 Å². The molecular weight excluding hydrogens is 274 g/mol. The van der Waals surface area contributed by atoms with E-state index in [9.17, 15) is 4.79 Å². The average molecular weight is 290 g/mol. The number of carbonyl (C=O) groups excluding carboxylic acids is 1. The Morgan fingerprint density at radius 1 is 1.20 bits per heavy atom. The molecule has 0 heterocycles. The molecule has 0 aliphatic rings. The zero-order chi connectivity index (χ0) is 14.4. The summed E-state index contributed by atoms with van der Waals surface area (Å²) in [5.74, 6) is 0.521. The highest BCUT2D eigenvalue weighted by molar-refractivity contribution is 6.30. The van der Waals surface area contributed by atoms with Crippen LogP contribution in [0, 0.1) is 6.92 Å². The van der Waals surface area contributed by atoms with Crippen LogP contribution in [0.4, 0.5) is 0 Å². The van der Waals surface area contributed by atoms with Gasteiger partial charge in [0.1, 0.15) is 5.75 Å². The quantitative estimate of drug-likeness (QED) is 0.917. The highest BCUT2D eigenvalue weighted by atomic mass is 35.5. The van der Waals surface area contributed by atoms with Crippen LogP contribution in [-0.2, 0) is 11.3 Å². The van der Waals surface area contributed by atoms with E-state index in [1.54, 1.807) is 18.2 Å².